The number of hydrogen-bond acceptors (Lipinski definition) is 4. The molecule has 0 aromatic rings. The molecular formula is C13H27NO3. The van der Waals surface area contributed by atoms with Crippen molar-refractivity contribution in [2.24, 2.45) is 11.7 Å². The predicted octanol–water partition coefficient (Wildman–Crippen LogP) is 1.57. The second-order valence-electron chi connectivity index (χ2n) is 4.95. The Balaban J connectivity index is 1.97. The molecule has 0 radical (unpaired) electrons. The summed E-state index contributed by atoms with van der Waals surface area (Å²) in [6.07, 6.45) is 4.57. The van der Waals surface area contributed by atoms with E-state index in [2.05, 4.69) is 6.92 Å². The van der Waals surface area contributed by atoms with Gasteiger partial charge in [-0.1, -0.05) is 6.92 Å². The van der Waals surface area contributed by atoms with Crippen LogP contribution in [0.5, 0.6) is 0 Å². The number of hydrogen-bond donors (Lipinski definition) is 1. The molecule has 0 aromatic heterocycles. The molecule has 17 heavy (non-hydrogen) atoms. The summed E-state index contributed by atoms with van der Waals surface area (Å²) in [5, 5.41) is 0. The number of nitrogens with two attached hydrogens (primary N) is 1. The Bertz CT molecular complexity index is 190. The third-order valence-electron chi connectivity index (χ3n) is 3.30. The molecule has 4 heteroatoms. The first-order chi connectivity index (χ1) is 8.24. The third-order valence-corrected chi connectivity index (χ3v) is 3.30. The van der Waals surface area contributed by atoms with Gasteiger partial charge >= 0.3 is 0 Å². The van der Waals surface area contributed by atoms with Crippen molar-refractivity contribution in [2.75, 3.05) is 33.5 Å². The van der Waals surface area contributed by atoms with E-state index in [4.69, 9.17) is 19.9 Å². The number of ether oxygens (including phenoxy) is 3. The SMILES string of the molecule is COCCCOCCOC1CC(C)CCC1N. The molecule has 0 aliphatic heterocycles. The molecule has 3 unspecified atom stereocenters. The van der Waals surface area contributed by atoms with E-state index in [0.717, 1.165) is 38.4 Å². The average Bonchev–Trinajstić information content (AvgIpc) is 2.32. The topological polar surface area (TPSA) is 53.7 Å². The predicted molar refractivity (Wildman–Crippen MR) is 68.0 cm³/mol. The monoisotopic (exact) mass is 245 g/mol. The van der Waals surface area contributed by atoms with E-state index >= 15 is 0 Å². The van der Waals surface area contributed by atoms with Gasteiger partial charge in [-0.2, -0.15) is 0 Å². The van der Waals surface area contributed by atoms with Crippen molar-refractivity contribution < 1.29 is 14.2 Å². The van der Waals surface area contributed by atoms with Crippen LogP contribution in [0.3, 0.4) is 0 Å². The highest BCUT2D eigenvalue weighted by molar-refractivity contribution is 4.81. The molecule has 1 fully saturated rings. The van der Waals surface area contributed by atoms with Crippen LogP contribution in [0.1, 0.15) is 32.6 Å². The fourth-order valence-electron chi connectivity index (χ4n) is 2.21. The summed E-state index contributed by atoms with van der Waals surface area (Å²) in [6.45, 7) is 5.07. The smallest absolute Gasteiger partial charge is 0.0729 e. The molecular weight excluding hydrogens is 218 g/mol. The minimum Gasteiger partial charge on any atom is -0.385 e. The fourth-order valence-corrected chi connectivity index (χ4v) is 2.21. The van der Waals surface area contributed by atoms with Crippen LogP contribution in [0.15, 0.2) is 0 Å². The van der Waals surface area contributed by atoms with Crippen LogP contribution >= 0.6 is 0 Å². The van der Waals surface area contributed by atoms with E-state index in [1.807, 2.05) is 0 Å². The summed E-state index contributed by atoms with van der Waals surface area (Å²) < 4.78 is 16.2. The Labute approximate surface area is 105 Å². The molecule has 0 heterocycles. The summed E-state index contributed by atoms with van der Waals surface area (Å²) in [7, 11) is 1.70. The Hall–Kier alpha value is -0.160. The van der Waals surface area contributed by atoms with Crippen LogP contribution < -0.4 is 5.73 Å². The quantitative estimate of drug-likeness (QED) is 0.660. The van der Waals surface area contributed by atoms with Crippen LogP contribution in [0, 0.1) is 5.92 Å². The lowest BCUT2D eigenvalue weighted by Crippen LogP contribution is -2.42. The van der Waals surface area contributed by atoms with Gasteiger partial charge in [-0.25, -0.2) is 0 Å². The van der Waals surface area contributed by atoms with E-state index < -0.39 is 0 Å². The van der Waals surface area contributed by atoms with Crippen LogP contribution in [0.4, 0.5) is 0 Å². The Morgan fingerprint density at radius 1 is 1.12 bits per heavy atom. The minimum atomic E-state index is 0.208. The third kappa shape index (κ3) is 6.36. The normalized spacial score (nSPS) is 29.5. The lowest BCUT2D eigenvalue weighted by atomic mass is 9.85. The summed E-state index contributed by atoms with van der Waals surface area (Å²) in [6, 6.07) is 0.208. The van der Waals surface area contributed by atoms with E-state index in [-0.39, 0.29) is 12.1 Å². The molecule has 1 aliphatic rings. The molecule has 1 aliphatic carbocycles. The largest absolute Gasteiger partial charge is 0.385 e. The van der Waals surface area contributed by atoms with Crippen LogP contribution in [0.2, 0.25) is 0 Å². The first-order valence-electron chi connectivity index (χ1n) is 6.68. The zero-order chi connectivity index (χ0) is 12.5. The van der Waals surface area contributed by atoms with Gasteiger partial charge in [-0.15, -0.1) is 0 Å². The zero-order valence-electron chi connectivity index (χ0n) is 11.2. The van der Waals surface area contributed by atoms with Gasteiger partial charge < -0.3 is 19.9 Å². The van der Waals surface area contributed by atoms with Crippen molar-refractivity contribution in [3.8, 4) is 0 Å². The molecule has 3 atom stereocenters. The molecule has 0 aromatic carbocycles. The second kappa shape index (κ2) is 8.86. The lowest BCUT2D eigenvalue weighted by Gasteiger charge is -2.32. The van der Waals surface area contributed by atoms with Crippen molar-refractivity contribution in [2.45, 2.75) is 44.8 Å². The molecule has 1 rings (SSSR count). The molecule has 102 valence electrons. The van der Waals surface area contributed by atoms with Gasteiger partial charge in [0.15, 0.2) is 0 Å². The van der Waals surface area contributed by atoms with Gasteiger partial charge in [-0.05, 0) is 31.6 Å². The minimum absolute atomic E-state index is 0.208. The molecule has 0 saturated heterocycles. The second-order valence-corrected chi connectivity index (χ2v) is 4.95. The summed E-state index contributed by atoms with van der Waals surface area (Å²) in [5.41, 5.74) is 6.04. The highest BCUT2D eigenvalue weighted by Crippen LogP contribution is 2.24. The zero-order valence-corrected chi connectivity index (χ0v) is 11.2. The van der Waals surface area contributed by atoms with Gasteiger partial charge in [0.2, 0.25) is 0 Å². The van der Waals surface area contributed by atoms with E-state index in [1.165, 1.54) is 6.42 Å². The maximum atomic E-state index is 6.04. The summed E-state index contributed by atoms with van der Waals surface area (Å²) >= 11 is 0. The van der Waals surface area contributed by atoms with Gasteiger partial charge in [0.05, 0.1) is 19.3 Å². The molecule has 4 nitrogen and oxygen atoms in total. The number of methoxy groups -OCH3 is 1. The highest BCUT2D eigenvalue weighted by Gasteiger charge is 2.26. The molecule has 0 amide bonds. The van der Waals surface area contributed by atoms with Crippen molar-refractivity contribution >= 4 is 0 Å². The van der Waals surface area contributed by atoms with Crippen molar-refractivity contribution in [1.82, 2.24) is 0 Å². The highest BCUT2D eigenvalue weighted by atomic mass is 16.5. The number of rotatable bonds is 8. The van der Waals surface area contributed by atoms with E-state index in [0.29, 0.717) is 13.2 Å². The standard InChI is InChI=1S/C13H27NO3/c1-11-4-5-12(14)13(10-11)17-9-8-16-7-3-6-15-2/h11-13H,3-10,14H2,1-2H3. The summed E-state index contributed by atoms with van der Waals surface area (Å²) in [4.78, 5) is 0. The first kappa shape index (κ1) is 14.9. The van der Waals surface area contributed by atoms with Crippen molar-refractivity contribution in [1.29, 1.82) is 0 Å². The van der Waals surface area contributed by atoms with Gasteiger partial charge in [-0.3, -0.25) is 0 Å². The van der Waals surface area contributed by atoms with Crippen LogP contribution in [-0.4, -0.2) is 45.7 Å². The van der Waals surface area contributed by atoms with Gasteiger partial charge in [0, 0.05) is 26.4 Å². The first-order valence-corrected chi connectivity index (χ1v) is 6.68. The maximum Gasteiger partial charge on any atom is 0.0729 e. The average molecular weight is 245 g/mol. The van der Waals surface area contributed by atoms with Crippen LogP contribution in [0.25, 0.3) is 0 Å². The lowest BCUT2D eigenvalue weighted by molar-refractivity contribution is -0.0290. The Morgan fingerprint density at radius 2 is 1.94 bits per heavy atom. The Morgan fingerprint density at radius 3 is 2.71 bits per heavy atom. The Kier molecular flexibility index (Phi) is 7.77. The van der Waals surface area contributed by atoms with Crippen molar-refractivity contribution in [3.63, 3.8) is 0 Å². The maximum absolute atomic E-state index is 6.04. The molecule has 0 bridgehead atoms. The van der Waals surface area contributed by atoms with E-state index in [9.17, 15) is 0 Å². The van der Waals surface area contributed by atoms with Gasteiger partial charge in [0.1, 0.15) is 0 Å². The summed E-state index contributed by atoms with van der Waals surface area (Å²) in [5.74, 6) is 0.738. The molecule has 2 N–H and O–H groups in total. The van der Waals surface area contributed by atoms with Crippen LogP contribution in [-0.2, 0) is 14.2 Å². The fraction of sp³-hybridized carbons (Fsp3) is 1.00. The van der Waals surface area contributed by atoms with E-state index in [1.54, 1.807) is 7.11 Å². The van der Waals surface area contributed by atoms with Gasteiger partial charge in [0.25, 0.3) is 0 Å². The van der Waals surface area contributed by atoms with Crippen molar-refractivity contribution in [3.05, 3.63) is 0 Å². The molecule has 0 spiro atoms. The molecule has 1 saturated carbocycles.